The van der Waals surface area contributed by atoms with Crippen molar-refractivity contribution in [3.63, 3.8) is 0 Å². The Bertz CT molecular complexity index is 703. The minimum absolute atomic E-state index is 0.246. The Morgan fingerprint density at radius 3 is 2.70 bits per heavy atom. The van der Waals surface area contributed by atoms with Gasteiger partial charge in [-0.05, 0) is 44.0 Å². The number of halogens is 1. The molecule has 1 aromatic heterocycles. The van der Waals surface area contributed by atoms with Gasteiger partial charge in [0.2, 0.25) is 5.95 Å². The third-order valence-corrected chi connectivity index (χ3v) is 4.18. The Balaban J connectivity index is 2.13. The van der Waals surface area contributed by atoms with Crippen LogP contribution in [0.1, 0.15) is 41.5 Å². The molecule has 0 atom stereocenters. The van der Waals surface area contributed by atoms with Gasteiger partial charge in [0.1, 0.15) is 5.69 Å². The van der Waals surface area contributed by atoms with Crippen molar-refractivity contribution >= 4 is 33.5 Å². The van der Waals surface area contributed by atoms with E-state index < -0.39 is 0 Å². The molecule has 2 rings (SSSR count). The van der Waals surface area contributed by atoms with E-state index in [-0.39, 0.29) is 5.91 Å². The van der Waals surface area contributed by atoms with Gasteiger partial charge in [-0.3, -0.25) is 4.79 Å². The lowest BCUT2D eigenvalue weighted by atomic mass is 10.2. The highest BCUT2D eigenvalue weighted by Gasteiger charge is 2.11. The molecule has 0 saturated heterocycles. The molecule has 6 heteroatoms. The van der Waals surface area contributed by atoms with Gasteiger partial charge in [0.15, 0.2) is 0 Å². The quantitative estimate of drug-likeness (QED) is 0.736. The second-order valence-corrected chi connectivity index (χ2v) is 6.27. The largest absolute Gasteiger partial charge is 0.354 e. The van der Waals surface area contributed by atoms with Crippen molar-refractivity contribution in [2.75, 3.05) is 17.2 Å². The maximum Gasteiger partial charge on any atom is 0.274 e. The first-order valence-electron chi connectivity index (χ1n) is 7.66. The minimum atomic E-state index is -0.246. The van der Waals surface area contributed by atoms with Crippen LogP contribution in [-0.2, 0) is 0 Å². The fourth-order valence-electron chi connectivity index (χ4n) is 2.01. The molecule has 0 bridgehead atoms. The number of hydrogen-bond donors (Lipinski definition) is 2. The van der Waals surface area contributed by atoms with E-state index in [0.29, 0.717) is 11.6 Å². The number of anilines is 2. The summed E-state index contributed by atoms with van der Waals surface area (Å²) in [5.41, 5.74) is 2.95. The Kier molecular flexibility index (Phi) is 6.10. The van der Waals surface area contributed by atoms with Gasteiger partial charge in [0.25, 0.3) is 5.91 Å². The van der Waals surface area contributed by atoms with Crippen molar-refractivity contribution < 1.29 is 4.79 Å². The van der Waals surface area contributed by atoms with E-state index in [9.17, 15) is 4.79 Å². The molecule has 2 aromatic rings. The van der Waals surface area contributed by atoms with E-state index in [1.165, 1.54) is 0 Å². The van der Waals surface area contributed by atoms with Gasteiger partial charge in [-0.1, -0.05) is 35.3 Å². The van der Waals surface area contributed by atoms with Gasteiger partial charge in [0.05, 0.1) is 0 Å². The second-order valence-electron chi connectivity index (χ2n) is 5.42. The van der Waals surface area contributed by atoms with Gasteiger partial charge in [-0.2, -0.15) is 0 Å². The van der Waals surface area contributed by atoms with Gasteiger partial charge in [-0.25, -0.2) is 9.97 Å². The summed E-state index contributed by atoms with van der Waals surface area (Å²) in [4.78, 5) is 21.0. The first kappa shape index (κ1) is 17.4. The maximum absolute atomic E-state index is 12.4. The molecule has 0 aliphatic rings. The lowest BCUT2D eigenvalue weighted by Crippen LogP contribution is -2.16. The molecule has 23 heavy (non-hydrogen) atoms. The van der Waals surface area contributed by atoms with Crippen LogP contribution in [0.2, 0.25) is 0 Å². The molecule has 5 nitrogen and oxygen atoms in total. The summed E-state index contributed by atoms with van der Waals surface area (Å²) < 4.78 is 0.955. The minimum Gasteiger partial charge on any atom is -0.354 e. The Labute approximate surface area is 145 Å². The van der Waals surface area contributed by atoms with Gasteiger partial charge in [0, 0.05) is 22.4 Å². The van der Waals surface area contributed by atoms with Crippen molar-refractivity contribution in [2.24, 2.45) is 0 Å². The van der Waals surface area contributed by atoms with Crippen LogP contribution in [0.3, 0.4) is 0 Å². The molecule has 1 amide bonds. The van der Waals surface area contributed by atoms with Crippen molar-refractivity contribution in [1.29, 1.82) is 0 Å². The first-order chi connectivity index (χ1) is 11.0. The van der Waals surface area contributed by atoms with Gasteiger partial charge >= 0.3 is 0 Å². The topological polar surface area (TPSA) is 66.9 Å². The number of carbonyl (C=O) groups excluding carboxylic acids is 1. The number of hydrogen-bond acceptors (Lipinski definition) is 4. The van der Waals surface area contributed by atoms with E-state index in [1.54, 1.807) is 6.07 Å². The van der Waals surface area contributed by atoms with E-state index in [4.69, 9.17) is 0 Å². The third kappa shape index (κ3) is 5.03. The Morgan fingerprint density at radius 1 is 1.22 bits per heavy atom. The molecular formula is C17H21BrN4O. The summed E-state index contributed by atoms with van der Waals surface area (Å²) in [6, 6.07) is 7.38. The number of aromatic nitrogens is 2. The molecule has 122 valence electrons. The highest BCUT2D eigenvalue weighted by Crippen LogP contribution is 2.21. The molecule has 0 fully saturated rings. The van der Waals surface area contributed by atoms with E-state index in [2.05, 4.69) is 43.5 Å². The predicted molar refractivity (Wildman–Crippen MR) is 97.0 cm³/mol. The highest BCUT2D eigenvalue weighted by molar-refractivity contribution is 9.10. The molecule has 0 radical (unpaired) electrons. The standard InChI is InChI=1S/C17H21BrN4O/c1-4-5-8-19-17-20-12(3)9-15(22-17)16(23)21-13-7-6-11(2)14(18)10-13/h6-7,9-10H,4-5,8H2,1-3H3,(H,21,23)(H,19,20,22). The molecule has 0 spiro atoms. The second kappa shape index (κ2) is 8.06. The monoisotopic (exact) mass is 376 g/mol. The summed E-state index contributed by atoms with van der Waals surface area (Å²) in [7, 11) is 0. The predicted octanol–water partition coefficient (Wildman–Crippen LogP) is 4.32. The number of amides is 1. The van der Waals surface area contributed by atoms with E-state index >= 15 is 0 Å². The normalized spacial score (nSPS) is 10.4. The third-order valence-electron chi connectivity index (χ3n) is 3.33. The molecule has 1 aromatic carbocycles. The number of aryl methyl sites for hydroxylation is 2. The van der Waals surface area contributed by atoms with E-state index in [1.807, 2.05) is 32.0 Å². The molecule has 2 N–H and O–H groups in total. The number of nitrogens with one attached hydrogen (secondary N) is 2. The van der Waals surface area contributed by atoms with Crippen LogP contribution in [0.5, 0.6) is 0 Å². The Morgan fingerprint density at radius 2 is 2.00 bits per heavy atom. The van der Waals surface area contributed by atoms with Crippen LogP contribution >= 0.6 is 15.9 Å². The molecule has 0 aliphatic carbocycles. The van der Waals surface area contributed by atoms with Gasteiger partial charge in [-0.15, -0.1) is 0 Å². The average molecular weight is 377 g/mol. The van der Waals surface area contributed by atoms with Crippen molar-refractivity contribution in [2.45, 2.75) is 33.6 Å². The summed E-state index contributed by atoms with van der Waals surface area (Å²) in [5.74, 6) is 0.249. The number of carbonyl (C=O) groups is 1. The van der Waals surface area contributed by atoms with Crippen LogP contribution < -0.4 is 10.6 Å². The number of benzene rings is 1. The first-order valence-corrected chi connectivity index (χ1v) is 8.46. The zero-order chi connectivity index (χ0) is 16.8. The number of rotatable bonds is 6. The number of nitrogens with zero attached hydrogens (tertiary/aromatic N) is 2. The molecule has 0 saturated carbocycles. The smallest absolute Gasteiger partial charge is 0.274 e. The molecule has 0 unspecified atom stereocenters. The highest BCUT2D eigenvalue weighted by atomic mass is 79.9. The van der Waals surface area contributed by atoms with Crippen LogP contribution in [-0.4, -0.2) is 22.4 Å². The lowest BCUT2D eigenvalue weighted by Gasteiger charge is -2.09. The maximum atomic E-state index is 12.4. The molecule has 0 aliphatic heterocycles. The summed E-state index contributed by atoms with van der Waals surface area (Å²) in [5, 5.41) is 6.01. The van der Waals surface area contributed by atoms with Crippen LogP contribution in [0.4, 0.5) is 11.6 Å². The Hall–Kier alpha value is -1.95. The number of unbranched alkanes of at least 4 members (excludes halogenated alkanes) is 1. The summed E-state index contributed by atoms with van der Waals surface area (Å²) >= 11 is 3.46. The van der Waals surface area contributed by atoms with Crippen LogP contribution in [0.25, 0.3) is 0 Å². The van der Waals surface area contributed by atoms with E-state index in [0.717, 1.165) is 40.8 Å². The SMILES string of the molecule is CCCCNc1nc(C)cc(C(=O)Nc2ccc(C)c(Br)c2)n1. The van der Waals surface area contributed by atoms with Crippen molar-refractivity contribution in [3.05, 3.63) is 45.7 Å². The lowest BCUT2D eigenvalue weighted by molar-refractivity contribution is 0.102. The fraction of sp³-hybridized carbons (Fsp3) is 0.353. The molecular weight excluding hydrogens is 356 g/mol. The van der Waals surface area contributed by atoms with Crippen LogP contribution in [0, 0.1) is 13.8 Å². The summed E-state index contributed by atoms with van der Waals surface area (Å²) in [6.45, 7) is 6.77. The van der Waals surface area contributed by atoms with Crippen molar-refractivity contribution in [3.8, 4) is 0 Å². The fourth-order valence-corrected chi connectivity index (χ4v) is 2.39. The zero-order valence-corrected chi connectivity index (χ0v) is 15.2. The van der Waals surface area contributed by atoms with Crippen molar-refractivity contribution in [1.82, 2.24) is 9.97 Å². The van der Waals surface area contributed by atoms with Crippen LogP contribution in [0.15, 0.2) is 28.7 Å². The zero-order valence-electron chi connectivity index (χ0n) is 13.6. The molecule has 1 heterocycles. The van der Waals surface area contributed by atoms with Gasteiger partial charge < -0.3 is 10.6 Å². The average Bonchev–Trinajstić information content (AvgIpc) is 2.51. The summed E-state index contributed by atoms with van der Waals surface area (Å²) in [6.07, 6.45) is 2.13.